The van der Waals surface area contributed by atoms with Crippen molar-refractivity contribution >= 4 is 22.8 Å². The Labute approximate surface area is 121 Å². The number of aromatic nitrogens is 2. The molecule has 0 aliphatic heterocycles. The topological polar surface area (TPSA) is 17.8 Å². The molecule has 20 heavy (non-hydrogen) atoms. The Kier molecular flexibility index (Phi) is 3.74. The summed E-state index contributed by atoms with van der Waals surface area (Å²) in [5.41, 5.74) is 2.84. The summed E-state index contributed by atoms with van der Waals surface area (Å²) in [6.45, 7) is 2.96. The van der Waals surface area contributed by atoms with Crippen molar-refractivity contribution in [2.24, 2.45) is 0 Å². The minimum Gasteiger partial charge on any atom is -0.319 e. The molecular weight excluding hydrogens is 271 g/mol. The number of benzene rings is 2. The maximum atomic E-state index is 13.6. The molecule has 4 heteroatoms. The quantitative estimate of drug-likeness (QED) is 0.658. The van der Waals surface area contributed by atoms with Gasteiger partial charge in [-0.15, -0.1) is 0 Å². The van der Waals surface area contributed by atoms with Gasteiger partial charge in [-0.05, 0) is 30.7 Å². The molecular formula is C16H15FN2S. The molecule has 0 N–H and O–H groups in total. The third-order valence-corrected chi connectivity index (χ3v) is 4.28. The zero-order valence-corrected chi connectivity index (χ0v) is 12.0. The molecule has 0 bridgehead atoms. The van der Waals surface area contributed by atoms with E-state index in [1.165, 1.54) is 6.07 Å². The Morgan fingerprint density at radius 3 is 2.65 bits per heavy atom. The number of fused-ring (bicyclic) bond motifs is 1. The van der Waals surface area contributed by atoms with Crippen LogP contribution in [0.5, 0.6) is 0 Å². The van der Waals surface area contributed by atoms with Crippen LogP contribution in [0.15, 0.2) is 53.7 Å². The highest BCUT2D eigenvalue weighted by molar-refractivity contribution is 7.98. The number of nitrogens with zero attached hydrogens (tertiary/aromatic N) is 2. The Bertz CT molecular complexity index is 736. The number of hydrogen-bond donors (Lipinski definition) is 0. The van der Waals surface area contributed by atoms with E-state index in [9.17, 15) is 4.39 Å². The molecule has 0 fully saturated rings. The lowest BCUT2D eigenvalue weighted by Crippen LogP contribution is -1.97. The Morgan fingerprint density at radius 2 is 1.85 bits per heavy atom. The van der Waals surface area contributed by atoms with Crippen molar-refractivity contribution in [1.29, 1.82) is 0 Å². The first-order valence-corrected chi connectivity index (χ1v) is 7.59. The Hall–Kier alpha value is -1.81. The molecule has 0 radical (unpaired) electrons. The SMILES string of the molecule is CCn1c(SCc2ccccc2F)nc2ccccc21. The van der Waals surface area contributed by atoms with Gasteiger partial charge >= 0.3 is 0 Å². The van der Waals surface area contributed by atoms with Gasteiger partial charge in [0.05, 0.1) is 11.0 Å². The minimum atomic E-state index is -0.154. The minimum absolute atomic E-state index is 0.154. The summed E-state index contributed by atoms with van der Waals surface area (Å²) in [5.74, 6) is 0.440. The van der Waals surface area contributed by atoms with Crippen LogP contribution in [0.4, 0.5) is 4.39 Å². The monoisotopic (exact) mass is 286 g/mol. The van der Waals surface area contributed by atoms with Crippen LogP contribution in [-0.2, 0) is 12.3 Å². The van der Waals surface area contributed by atoms with Crippen LogP contribution in [0.3, 0.4) is 0 Å². The van der Waals surface area contributed by atoms with Crippen molar-refractivity contribution in [3.63, 3.8) is 0 Å². The standard InChI is InChI=1S/C16H15FN2S/c1-2-19-15-10-6-5-9-14(15)18-16(19)20-11-12-7-3-4-8-13(12)17/h3-10H,2,11H2,1H3. The van der Waals surface area contributed by atoms with E-state index >= 15 is 0 Å². The lowest BCUT2D eigenvalue weighted by molar-refractivity contribution is 0.617. The predicted octanol–water partition coefficient (Wildman–Crippen LogP) is 4.49. The van der Waals surface area contributed by atoms with E-state index in [1.807, 2.05) is 30.3 Å². The Balaban J connectivity index is 1.89. The van der Waals surface area contributed by atoms with Gasteiger partial charge in [-0.25, -0.2) is 9.37 Å². The zero-order valence-electron chi connectivity index (χ0n) is 11.2. The predicted molar refractivity (Wildman–Crippen MR) is 81.4 cm³/mol. The second-order valence-corrected chi connectivity index (χ2v) is 5.45. The lowest BCUT2D eigenvalue weighted by Gasteiger charge is -2.06. The summed E-state index contributed by atoms with van der Waals surface area (Å²) >= 11 is 1.58. The molecule has 1 heterocycles. The van der Waals surface area contributed by atoms with E-state index in [2.05, 4.69) is 22.5 Å². The van der Waals surface area contributed by atoms with Crippen molar-refractivity contribution in [3.8, 4) is 0 Å². The molecule has 0 spiro atoms. The average Bonchev–Trinajstić information content (AvgIpc) is 2.84. The summed E-state index contributed by atoms with van der Waals surface area (Å²) in [5, 5.41) is 0.942. The van der Waals surface area contributed by atoms with Gasteiger partial charge in [-0.1, -0.05) is 42.1 Å². The van der Waals surface area contributed by atoms with Gasteiger partial charge in [0.15, 0.2) is 5.16 Å². The number of aryl methyl sites for hydroxylation is 1. The first kappa shape index (κ1) is 13.2. The van der Waals surface area contributed by atoms with E-state index in [1.54, 1.807) is 17.8 Å². The maximum absolute atomic E-state index is 13.6. The number of thioether (sulfide) groups is 1. The molecule has 2 nitrogen and oxygen atoms in total. The number of halogens is 1. The molecule has 2 aromatic carbocycles. The molecule has 3 aromatic rings. The van der Waals surface area contributed by atoms with Gasteiger partial charge in [0, 0.05) is 12.3 Å². The summed E-state index contributed by atoms with van der Waals surface area (Å²) < 4.78 is 15.8. The smallest absolute Gasteiger partial charge is 0.169 e. The normalized spacial score (nSPS) is 11.1. The second-order valence-electron chi connectivity index (χ2n) is 4.51. The molecule has 1 aromatic heterocycles. The summed E-state index contributed by atoms with van der Waals surface area (Å²) in [6, 6.07) is 15.0. The van der Waals surface area contributed by atoms with Gasteiger partial charge in [0.2, 0.25) is 0 Å². The fourth-order valence-electron chi connectivity index (χ4n) is 2.23. The first-order valence-electron chi connectivity index (χ1n) is 6.61. The molecule has 0 unspecified atom stereocenters. The Morgan fingerprint density at radius 1 is 1.10 bits per heavy atom. The van der Waals surface area contributed by atoms with Gasteiger partial charge < -0.3 is 4.57 Å². The molecule has 0 atom stereocenters. The summed E-state index contributed by atoms with van der Waals surface area (Å²) in [7, 11) is 0. The molecule has 0 saturated heterocycles. The number of imidazole rings is 1. The van der Waals surface area contributed by atoms with Gasteiger partial charge in [0.25, 0.3) is 0 Å². The van der Waals surface area contributed by atoms with Crippen molar-refractivity contribution < 1.29 is 4.39 Å². The highest BCUT2D eigenvalue weighted by atomic mass is 32.2. The molecule has 0 amide bonds. The maximum Gasteiger partial charge on any atom is 0.169 e. The first-order chi connectivity index (χ1) is 9.79. The molecule has 0 aliphatic carbocycles. The molecule has 102 valence electrons. The second kappa shape index (κ2) is 5.67. The fraction of sp³-hybridized carbons (Fsp3) is 0.188. The lowest BCUT2D eigenvalue weighted by atomic mass is 10.2. The summed E-state index contributed by atoms with van der Waals surface area (Å²) in [6.07, 6.45) is 0. The van der Waals surface area contributed by atoms with Crippen LogP contribution < -0.4 is 0 Å². The molecule has 3 rings (SSSR count). The van der Waals surface area contributed by atoms with E-state index in [0.717, 1.165) is 22.7 Å². The van der Waals surface area contributed by atoms with Crippen LogP contribution in [0, 0.1) is 5.82 Å². The third kappa shape index (κ3) is 2.43. The van der Waals surface area contributed by atoms with Crippen molar-refractivity contribution in [2.75, 3.05) is 0 Å². The van der Waals surface area contributed by atoms with Crippen LogP contribution in [0.25, 0.3) is 11.0 Å². The third-order valence-electron chi connectivity index (χ3n) is 3.25. The molecule has 0 saturated carbocycles. The van der Waals surface area contributed by atoms with E-state index in [-0.39, 0.29) is 5.82 Å². The number of rotatable bonds is 4. The number of para-hydroxylation sites is 2. The van der Waals surface area contributed by atoms with Gasteiger partial charge in [-0.3, -0.25) is 0 Å². The van der Waals surface area contributed by atoms with Crippen molar-refractivity contribution in [3.05, 3.63) is 59.9 Å². The van der Waals surface area contributed by atoms with Crippen LogP contribution in [0.1, 0.15) is 12.5 Å². The van der Waals surface area contributed by atoms with Crippen molar-refractivity contribution in [2.45, 2.75) is 24.4 Å². The fourth-order valence-corrected chi connectivity index (χ4v) is 3.29. The highest BCUT2D eigenvalue weighted by Crippen LogP contribution is 2.27. The average molecular weight is 286 g/mol. The van der Waals surface area contributed by atoms with Crippen LogP contribution >= 0.6 is 11.8 Å². The molecule has 0 aliphatic rings. The van der Waals surface area contributed by atoms with Gasteiger partial charge in [0.1, 0.15) is 5.82 Å². The van der Waals surface area contributed by atoms with E-state index < -0.39 is 0 Å². The van der Waals surface area contributed by atoms with Crippen LogP contribution in [0.2, 0.25) is 0 Å². The van der Waals surface area contributed by atoms with E-state index in [4.69, 9.17) is 0 Å². The highest BCUT2D eigenvalue weighted by Gasteiger charge is 2.10. The van der Waals surface area contributed by atoms with Crippen LogP contribution in [-0.4, -0.2) is 9.55 Å². The van der Waals surface area contributed by atoms with Crippen molar-refractivity contribution in [1.82, 2.24) is 9.55 Å². The van der Waals surface area contributed by atoms with Gasteiger partial charge in [-0.2, -0.15) is 0 Å². The zero-order chi connectivity index (χ0) is 13.9. The largest absolute Gasteiger partial charge is 0.319 e. The summed E-state index contributed by atoms with van der Waals surface area (Å²) in [4.78, 5) is 4.63. The number of hydrogen-bond acceptors (Lipinski definition) is 2. The van der Waals surface area contributed by atoms with E-state index in [0.29, 0.717) is 11.3 Å².